The summed E-state index contributed by atoms with van der Waals surface area (Å²) in [6, 6.07) is 6.29. The Labute approximate surface area is 178 Å². The van der Waals surface area contributed by atoms with Gasteiger partial charge in [0.2, 0.25) is 5.91 Å². The highest BCUT2D eigenvalue weighted by atomic mass is 16.5. The summed E-state index contributed by atoms with van der Waals surface area (Å²) in [6.07, 6.45) is 0.901. The van der Waals surface area contributed by atoms with Gasteiger partial charge in [0, 0.05) is 24.4 Å². The van der Waals surface area contributed by atoms with E-state index in [4.69, 9.17) is 4.74 Å². The fourth-order valence-electron chi connectivity index (χ4n) is 3.44. The quantitative estimate of drug-likeness (QED) is 0.617. The van der Waals surface area contributed by atoms with Crippen molar-refractivity contribution in [2.75, 3.05) is 11.9 Å². The zero-order valence-electron chi connectivity index (χ0n) is 18.7. The van der Waals surface area contributed by atoms with E-state index >= 15 is 0 Å². The summed E-state index contributed by atoms with van der Waals surface area (Å²) >= 11 is 0. The van der Waals surface area contributed by atoms with Crippen LogP contribution < -0.4 is 10.6 Å². The molecule has 0 spiro atoms. The number of rotatable bonds is 8. The molecule has 2 rings (SSSR count). The highest BCUT2D eigenvalue weighted by Crippen LogP contribution is 2.32. The van der Waals surface area contributed by atoms with Gasteiger partial charge >= 0.3 is 12.0 Å². The molecule has 1 aromatic carbocycles. The Morgan fingerprint density at radius 3 is 2.53 bits per heavy atom. The molecule has 1 heterocycles. The molecule has 0 bridgehead atoms. The standard InChI is InChI=1S/C23H33N3O4/c1-7-11-26-16(6)20(22(28)30-15(4)5)21(25-23(26)29)17-9-8-10-18(13-17)24-19(27)12-14(2)3/h8-10,13-15,21H,7,11-12H2,1-6H3,(H,24,27)(H,25,29)/t21-/m1/s1. The van der Waals surface area contributed by atoms with Crippen LogP contribution in [0.5, 0.6) is 0 Å². The van der Waals surface area contributed by atoms with Gasteiger partial charge in [-0.2, -0.15) is 0 Å². The molecule has 2 N–H and O–H groups in total. The maximum atomic E-state index is 12.9. The van der Waals surface area contributed by atoms with Gasteiger partial charge in [-0.25, -0.2) is 9.59 Å². The van der Waals surface area contributed by atoms with E-state index in [9.17, 15) is 14.4 Å². The van der Waals surface area contributed by atoms with Crippen LogP contribution in [0.4, 0.5) is 10.5 Å². The molecular weight excluding hydrogens is 382 g/mol. The number of benzene rings is 1. The van der Waals surface area contributed by atoms with Crippen LogP contribution in [-0.2, 0) is 14.3 Å². The first-order valence-electron chi connectivity index (χ1n) is 10.5. The van der Waals surface area contributed by atoms with Gasteiger partial charge in [-0.3, -0.25) is 9.69 Å². The van der Waals surface area contributed by atoms with Crippen molar-refractivity contribution in [3.63, 3.8) is 0 Å². The number of ether oxygens (including phenoxy) is 1. The molecule has 3 amide bonds. The van der Waals surface area contributed by atoms with Crippen LogP contribution in [0.25, 0.3) is 0 Å². The van der Waals surface area contributed by atoms with Gasteiger partial charge in [0.05, 0.1) is 17.7 Å². The van der Waals surface area contributed by atoms with Crippen molar-refractivity contribution in [1.29, 1.82) is 0 Å². The van der Waals surface area contributed by atoms with Crippen LogP contribution in [0.2, 0.25) is 0 Å². The number of nitrogens with one attached hydrogen (secondary N) is 2. The van der Waals surface area contributed by atoms with E-state index in [1.807, 2.05) is 26.8 Å². The summed E-state index contributed by atoms with van der Waals surface area (Å²) in [4.78, 5) is 39.4. The first-order valence-corrected chi connectivity index (χ1v) is 10.5. The van der Waals surface area contributed by atoms with Gasteiger partial charge in [0.1, 0.15) is 0 Å². The van der Waals surface area contributed by atoms with Gasteiger partial charge < -0.3 is 15.4 Å². The SMILES string of the molecule is CCCN1C(=O)N[C@H](c2cccc(NC(=O)CC(C)C)c2)C(C(=O)OC(C)C)=C1C. The minimum absolute atomic E-state index is 0.0740. The van der Waals surface area contributed by atoms with Crippen LogP contribution in [0.15, 0.2) is 35.5 Å². The normalized spacial score (nSPS) is 16.7. The topological polar surface area (TPSA) is 87.7 Å². The number of carbonyl (C=O) groups excluding carboxylic acids is 3. The monoisotopic (exact) mass is 415 g/mol. The van der Waals surface area contributed by atoms with Crippen LogP contribution in [0.1, 0.15) is 66.0 Å². The Morgan fingerprint density at radius 2 is 1.93 bits per heavy atom. The Balaban J connectivity index is 2.42. The maximum absolute atomic E-state index is 12.9. The van der Waals surface area contributed by atoms with E-state index in [-0.39, 0.29) is 24.0 Å². The summed E-state index contributed by atoms with van der Waals surface area (Å²) in [6.45, 7) is 11.8. The summed E-state index contributed by atoms with van der Waals surface area (Å²) in [5.41, 5.74) is 2.32. The lowest BCUT2D eigenvalue weighted by molar-refractivity contribution is -0.143. The minimum Gasteiger partial charge on any atom is -0.459 e. The molecule has 1 atom stereocenters. The van der Waals surface area contributed by atoms with Crippen LogP contribution in [-0.4, -0.2) is 35.5 Å². The molecule has 0 fully saturated rings. The third kappa shape index (κ3) is 5.84. The molecule has 1 aromatic rings. The highest BCUT2D eigenvalue weighted by molar-refractivity contribution is 5.95. The Kier molecular flexibility index (Phi) is 8.03. The Morgan fingerprint density at radius 1 is 1.23 bits per heavy atom. The molecule has 30 heavy (non-hydrogen) atoms. The van der Waals surface area contributed by atoms with Gasteiger partial charge in [-0.15, -0.1) is 0 Å². The van der Waals surface area contributed by atoms with E-state index in [1.54, 1.807) is 43.9 Å². The highest BCUT2D eigenvalue weighted by Gasteiger charge is 2.36. The second kappa shape index (κ2) is 10.3. The van der Waals surface area contributed by atoms with E-state index in [2.05, 4.69) is 10.6 Å². The van der Waals surface area contributed by atoms with E-state index < -0.39 is 12.0 Å². The first kappa shape index (κ1) is 23.4. The second-order valence-corrected chi connectivity index (χ2v) is 8.26. The van der Waals surface area contributed by atoms with Gasteiger partial charge in [-0.05, 0) is 50.8 Å². The molecule has 7 nitrogen and oxygen atoms in total. The van der Waals surface area contributed by atoms with Crippen molar-refractivity contribution < 1.29 is 19.1 Å². The number of allylic oxidation sites excluding steroid dienone is 1. The van der Waals surface area contributed by atoms with Crippen LogP contribution in [0, 0.1) is 5.92 Å². The minimum atomic E-state index is -0.654. The molecule has 164 valence electrons. The first-order chi connectivity index (χ1) is 14.1. The maximum Gasteiger partial charge on any atom is 0.338 e. The van der Waals surface area contributed by atoms with E-state index in [0.717, 1.165) is 6.42 Å². The van der Waals surface area contributed by atoms with E-state index in [1.165, 1.54) is 0 Å². The number of urea groups is 1. The number of carbonyl (C=O) groups is 3. The number of hydrogen-bond acceptors (Lipinski definition) is 4. The fourth-order valence-corrected chi connectivity index (χ4v) is 3.44. The van der Waals surface area contributed by atoms with Crippen molar-refractivity contribution in [3.8, 4) is 0 Å². The number of nitrogens with zero attached hydrogens (tertiary/aromatic N) is 1. The van der Waals surface area contributed by atoms with Gasteiger partial charge in [-0.1, -0.05) is 32.9 Å². The second-order valence-electron chi connectivity index (χ2n) is 8.26. The lowest BCUT2D eigenvalue weighted by Crippen LogP contribution is -2.48. The van der Waals surface area contributed by atoms with Gasteiger partial charge in [0.15, 0.2) is 0 Å². The number of anilines is 1. The van der Waals surface area contributed by atoms with Crippen LogP contribution >= 0.6 is 0 Å². The summed E-state index contributed by atoms with van der Waals surface area (Å²) in [5.74, 6) is -0.281. The zero-order valence-corrected chi connectivity index (χ0v) is 18.7. The van der Waals surface area contributed by atoms with Crippen molar-refractivity contribution in [2.45, 2.75) is 66.5 Å². The smallest absolute Gasteiger partial charge is 0.338 e. The fraction of sp³-hybridized carbons (Fsp3) is 0.522. The predicted octanol–water partition coefficient (Wildman–Crippen LogP) is 4.37. The van der Waals surface area contributed by atoms with E-state index in [0.29, 0.717) is 35.5 Å². The third-order valence-electron chi connectivity index (χ3n) is 4.70. The molecule has 1 aliphatic rings. The number of esters is 1. The Bertz CT molecular complexity index is 829. The summed E-state index contributed by atoms with van der Waals surface area (Å²) < 4.78 is 5.47. The molecular formula is C23H33N3O4. The lowest BCUT2D eigenvalue weighted by Gasteiger charge is -2.35. The molecule has 1 aliphatic heterocycles. The van der Waals surface area contributed by atoms with Crippen molar-refractivity contribution in [1.82, 2.24) is 10.2 Å². The Hall–Kier alpha value is -2.83. The van der Waals surface area contributed by atoms with Crippen molar-refractivity contribution >= 4 is 23.6 Å². The predicted molar refractivity (Wildman–Crippen MR) is 117 cm³/mol. The largest absolute Gasteiger partial charge is 0.459 e. The van der Waals surface area contributed by atoms with Gasteiger partial charge in [0.25, 0.3) is 0 Å². The zero-order chi connectivity index (χ0) is 22.4. The lowest BCUT2D eigenvalue weighted by atomic mass is 9.94. The summed E-state index contributed by atoms with van der Waals surface area (Å²) in [7, 11) is 0. The number of amides is 3. The van der Waals surface area contributed by atoms with Crippen molar-refractivity contribution in [3.05, 3.63) is 41.1 Å². The molecule has 0 saturated heterocycles. The molecule has 0 radical (unpaired) electrons. The molecule has 0 saturated carbocycles. The molecule has 0 aliphatic carbocycles. The third-order valence-corrected chi connectivity index (χ3v) is 4.70. The summed E-state index contributed by atoms with van der Waals surface area (Å²) in [5, 5.41) is 5.82. The molecule has 0 aromatic heterocycles. The average Bonchev–Trinajstić information content (AvgIpc) is 2.63. The van der Waals surface area contributed by atoms with Crippen molar-refractivity contribution in [2.24, 2.45) is 5.92 Å². The molecule has 0 unspecified atom stereocenters. The van der Waals surface area contributed by atoms with Crippen LogP contribution in [0.3, 0.4) is 0 Å². The molecule has 7 heteroatoms. The average molecular weight is 416 g/mol. The number of hydrogen-bond donors (Lipinski definition) is 2.